The van der Waals surface area contributed by atoms with E-state index in [9.17, 15) is 9.59 Å². The highest BCUT2D eigenvalue weighted by atomic mass is 16.5. The number of likely N-dealkylation sites (N-methyl/N-ethyl adjacent to an activating group) is 1. The number of nitrogens with zero attached hydrogens (tertiary/aromatic N) is 4. The molecule has 2 fully saturated rings. The maximum absolute atomic E-state index is 12.9. The van der Waals surface area contributed by atoms with E-state index in [4.69, 9.17) is 4.74 Å². The van der Waals surface area contributed by atoms with Crippen molar-refractivity contribution in [1.29, 1.82) is 0 Å². The van der Waals surface area contributed by atoms with Gasteiger partial charge in [0.25, 0.3) is 5.91 Å². The molecule has 0 radical (unpaired) electrons. The number of carbonyl (C=O) groups excluding carboxylic acids is 2. The lowest BCUT2D eigenvalue weighted by molar-refractivity contribution is -0.119. The fourth-order valence-electron chi connectivity index (χ4n) is 5.22. The normalized spacial score (nSPS) is 21.3. The van der Waals surface area contributed by atoms with Gasteiger partial charge >= 0.3 is 0 Å². The number of ether oxygens (including phenoxy) is 1. The zero-order chi connectivity index (χ0) is 22.9. The van der Waals surface area contributed by atoms with Crippen molar-refractivity contribution in [1.82, 2.24) is 9.88 Å². The summed E-state index contributed by atoms with van der Waals surface area (Å²) in [5.41, 5.74) is 3.33. The van der Waals surface area contributed by atoms with Gasteiger partial charge in [0.15, 0.2) is 0 Å². The second-order valence-electron chi connectivity index (χ2n) is 9.09. The molecule has 0 bridgehead atoms. The van der Waals surface area contributed by atoms with E-state index in [-0.39, 0.29) is 17.9 Å². The predicted octanol–water partition coefficient (Wildman–Crippen LogP) is 3.41. The second-order valence-corrected chi connectivity index (χ2v) is 9.09. The first-order chi connectivity index (χ1) is 16.0. The molecule has 33 heavy (non-hydrogen) atoms. The lowest BCUT2D eigenvalue weighted by Crippen LogP contribution is -2.54. The van der Waals surface area contributed by atoms with E-state index in [1.54, 1.807) is 11.1 Å². The number of aromatic nitrogens is 1. The third kappa shape index (κ3) is 4.15. The number of fused-ring (bicyclic) bond motifs is 1. The number of hydrogen-bond acceptors (Lipinski definition) is 6. The highest BCUT2D eigenvalue weighted by molar-refractivity contribution is 6.05. The first-order valence-corrected chi connectivity index (χ1v) is 11.8. The minimum atomic E-state index is -0.199. The molecule has 2 amide bonds. The summed E-state index contributed by atoms with van der Waals surface area (Å²) in [6.45, 7) is 4.38. The van der Waals surface area contributed by atoms with Crippen LogP contribution in [0, 0.1) is 0 Å². The molecule has 2 aliphatic heterocycles. The molecule has 1 aromatic heterocycles. The smallest absolute Gasteiger partial charge is 0.254 e. The predicted molar refractivity (Wildman–Crippen MR) is 128 cm³/mol. The van der Waals surface area contributed by atoms with Gasteiger partial charge in [-0.05, 0) is 38.0 Å². The van der Waals surface area contributed by atoms with Crippen LogP contribution in [-0.4, -0.2) is 67.1 Å². The van der Waals surface area contributed by atoms with E-state index in [0.717, 1.165) is 29.9 Å². The van der Waals surface area contributed by atoms with E-state index < -0.39 is 0 Å². The minimum absolute atomic E-state index is 0.0155. The zero-order valence-electron chi connectivity index (χ0n) is 19.3. The number of anilines is 4. The summed E-state index contributed by atoms with van der Waals surface area (Å²) in [5, 5.41) is 3.37. The topological polar surface area (TPSA) is 78.0 Å². The van der Waals surface area contributed by atoms with Crippen molar-refractivity contribution in [2.24, 2.45) is 0 Å². The van der Waals surface area contributed by atoms with Crippen molar-refractivity contribution in [3.63, 3.8) is 0 Å². The molecule has 0 spiro atoms. The average molecular weight is 450 g/mol. The Morgan fingerprint density at radius 2 is 1.88 bits per heavy atom. The van der Waals surface area contributed by atoms with Crippen molar-refractivity contribution in [2.45, 2.75) is 44.7 Å². The number of morpholine rings is 1. The van der Waals surface area contributed by atoms with Gasteiger partial charge in [-0.1, -0.05) is 18.9 Å². The molecule has 5 rings (SSSR count). The number of nitrogens with one attached hydrogen (secondary N) is 1. The van der Waals surface area contributed by atoms with Gasteiger partial charge in [-0.3, -0.25) is 9.59 Å². The average Bonchev–Trinajstić information content (AvgIpc) is 3.37. The van der Waals surface area contributed by atoms with Crippen molar-refractivity contribution in [2.75, 3.05) is 48.5 Å². The summed E-state index contributed by atoms with van der Waals surface area (Å²) in [5.74, 6) is 0.815. The van der Waals surface area contributed by atoms with Gasteiger partial charge < -0.3 is 24.8 Å². The van der Waals surface area contributed by atoms with Crippen molar-refractivity contribution in [3.05, 3.63) is 42.1 Å². The fraction of sp³-hybridized carbons (Fsp3) is 0.480. The molecule has 1 aliphatic carbocycles. The highest BCUT2D eigenvalue weighted by Gasteiger charge is 2.38. The van der Waals surface area contributed by atoms with Crippen LogP contribution < -0.4 is 15.1 Å². The molecule has 1 atom stereocenters. The third-order valence-electron chi connectivity index (χ3n) is 7.00. The van der Waals surface area contributed by atoms with Gasteiger partial charge in [-0.2, -0.15) is 0 Å². The highest BCUT2D eigenvalue weighted by Crippen LogP contribution is 2.41. The Morgan fingerprint density at radius 1 is 1.12 bits per heavy atom. The van der Waals surface area contributed by atoms with Gasteiger partial charge in [0, 0.05) is 43.5 Å². The summed E-state index contributed by atoms with van der Waals surface area (Å²) in [7, 11) is 1.82. The fourth-order valence-corrected chi connectivity index (χ4v) is 5.22. The van der Waals surface area contributed by atoms with Crippen LogP contribution in [0.15, 0.2) is 36.5 Å². The molecule has 1 saturated heterocycles. The molecule has 3 heterocycles. The van der Waals surface area contributed by atoms with Crippen molar-refractivity contribution < 1.29 is 14.3 Å². The van der Waals surface area contributed by atoms with Crippen LogP contribution in [0.2, 0.25) is 0 Å². The van der Waals surface area contributed by atoms with Gasteiger partial charge in [0.05, 0.1) is 30.8 Å². The van der Waals surface area contributed by atoms with Crippen molar-refractivity contribution in [3.8, 4) is 0 Å². The molecule has 8 heteroatoms. The molecule has 1 saturated carbocycles. The van der Waals surface area contributed by atoms with Crippen LogP contribution in [0.25, 0.3) is 0 Å². The Labute approximate surface area is 194 Å². The minimum Gasteiger partial charge on any atom is -0.378 e. The van der Waals surface area contributed by atoms with Crippen molar-refractivity contribution >= 4 is 34.7 Å². The van der Waals surface area contributed by atoms with Gasteiger partial charge in [-0.15, -0.1) is 0 Å². The molecule has 8 nitrogen and oxygen atoms in total. The lowest BCUT2D eigenvalue weighted by Gasteiger charge is -2.43. The number of pyridine rings is 1. The summed E-state index contributed by atoms with van der Waals surface area (Å²) < 4.78 is 5.36. The number of benzene rings is 1. The van der Waals surface area contributed by atoms with Crippen LogP contribution in [0.1, 0.15) is 43.0 Å². The summed E-state index contributed by atoms with van der Waals surface area (Å²) in [6, 6.07) is 9.73. The number of carbonyl (C=O) groups is 2. The monoisotopic (exact) mass is 449 g/mol. The quantitative estimate of drug-likeness (QED) is 0.771. The Balaban J connectivity index is 1.41. The third-order valence-corrected chi connectivity index (χ3v) is 7.00. The molecule has 2 aromatic rings. The molecule has 1 aromatic carbocycles. The Kier molecular flexibility index (Phi) is 5.93. The number of amides is 2. The maximum Gasteiger partial charge on any atom is 0.254 e. The van der Waals surface area contributed by atoms with E-state index >= 15 is 0 Å². The van der Waals surface area contributed by atoms with Crippen LogP contribution >= 0.6 is 0 Å². The molecular weight excluding hydrogens is 418 g/mol. The van der Waals surface area contributed by atoms with E-state index in [1.807, 2.05) is 49.2 Å². The maximum atomic E-state index is 12.9. The Bertz CT molecular complexity index is 1050. The van der Waals surface area contributed by atoms with Gasteiger partial charge in [0.2, 0.25) is 5.91 Å². The zero-order valence-corrected chi connectivity index (χ0v) is 19.3. The Morgan fingerprint density at radius 3 is 2.64 bits per heavy atom. The van der Waals surface area contributed by atoms with Crippen LogP contribution in [0.3, 0.4) is 0 Å². The van der Waals surface area contributed by atoms with E-state index in [2.05, 4.69) is 15.2 Å². The molecule has 174 valence electrons. The largest absolute Gasteiger partial charge is 0.378 e. The van der Waals surface area contributed by atoms with Gasteiger partial charge in [0.1, 0.15) is 11.9 Å². The first-order valence-electron chi connectivity index (χ1n) is 11.8. The number of rotatable bonds is 4. The molecule has 1 N–H and O–H groups in total. The van der Waals surface area contributed by atoms with Crippen LogP contribution in [0.5, 0.6) is 0 Å². The second kappa shape index (κ2) is 9.02. The number of hydrogen-bond donors (Lipinski definition) is 1. The van der Waals surface area contributed by atoms with Crippen LogP contribution in [0.4, 0.5) is 22.9 Å². The van der Waals surface area contributed by atoms with E-state index in [0.29, 0.717) is 43.7 Å². The molecule has 3 aliphatic rings. The molecular formula is C25H31N5O3. The lowest BCUT2D eigenvalue weighted by atomic mass is 10.0. The SMILES string of the molecule is CC1C(=O)N(C)c2cnc(Nc3cccc(C(=O)N4CCOCC4)c3)cc2N1C1CCCC1. The Hall–Kier alpha value is -3.13. The summed E-state index contributed by atoms with van der Waals surface area (Å²) in [6.07, 6.45) is 6.39. The first kappa shape index (κ1) is 21.7. The van der Waals surface area contributed by atoms with Gasteiger partial charge in [-0.25, -0.2) is 4.98 Å². The standard InChI is InChI=1S/C25H31N5O3/c1-17-24(31)28(2)22-16-26-23(15-21(22)30(17)20-8-3-4-9-20)27-19-7-5-6-18(14-19)25(32)29-10-12-33-13-11-29/h5-7,14-17,20H,3-4,8-13H2,1-2H3,(H,26,27). The summed E-state index contributed by atoms with van der Waals surface area (Å²) in [4.78, 5) is 36.1. The summed E-state index contributed by atoms with van der Waals surface area (Å²) >= 11 is 0. The van der Waals surface area contributed by atoms with Crippen LogP contribution in [-0.2, 0) is 9.53 Å². The molecule has 1 unspecified atom stereocenters. The van der Waals surface area contributed by atoms with E-state index in [1.165, 1.54) is 12.8 Å².